The molecule has 0 aliphatic rings. The summed E-state index contributed by atoms with van der Waals surface area (Å²) in [6, 6.07) is 1.82. The van der Waals surface area contributed by atoms with Crippen molar-refractivity contribution < 1.29 is 9.52 Å². The molecule has 0 radical (unpaired) electrons. The highest BCUT2D eigenvalue weighted by Gasteiger charge is 2.25. The van der Waals surface area contributed by atoms with E-state index in [1.165, 1.54) is 0 Å². The summed E-state index contributed by atoms with van der Waals surface area (Å²) in [6.45, 7) is 6.12. The van der Waals surface area contributed by atoms with E-state index in [1.54, 1.807) is 12.5 Å². The molecule has 2 nitrogen and oxygen atoms in total. The van der Waals surface area contributed by atoms with E-state index in [9.17, 15) is 5.11 Å². The summed E-state index contributed by atoms with van der Waals surface area (Å²) in [6.07, 6.45) is 5.08. The molecule has 2 unspecified atom stereocenters. The highest BCUT2D eigenvalue weighted by Crippen LogP contribution is 2.29. The molecular formula is C11H18O2. The number of furan rings is 1. The largest absolute Gasteiger partial charge is 0.472 e. The first-order valence-corrected chi connectivity index (χ1v) is 4.81. The van der Waals surface area contributed by atoms with Crippen molar-refractivity contribution >= 4 is 0 Å². The van der Waals surface area contributed by atoms with Crippen LogP contribution < -0.4 is 0 Å². The van der Waals surface area contributed by atoms with Crippen LogP contribution >= 0.6 is 0 Å². The minimum Gasteiger partial charge on any atom is -0.472 e. The summed E-state index contributed by atoms with van der Waals surface area (Å²) >= 11 is 0. The van der Waals surface area contributed by atoms with Crippen LogP contribution in [-0.2, 0) is 5.60 Å². The molecule has 0 fully saturated rings. The minimum absolute atomic E-state index is 0.532. The van der Waals surface area contributed by atoms with Crippen molar-refractivity contribution in [3.63, 3.8) is 0 Å². The van der Waals surface area contributed by atoms with Gasteiger partial charge in [0.05, 0.1) is 18.1 Å². The number of hydrogen-bond acceptors (Lipinski definition) is 2. The average Bonchev–Trinajstić information content (AvgIpc) is 2.55. The van der Waals surface area contributed by atoms with Crippen LogP contribution in [0.4, 0.5) is 0 Å². The second-order valence-electron chi connectivity index (χ2n) is 4.00. The second-order valence-corrected chi connectivity index (χ2v) is 4.00. The van der Waals surface area contributed by atoms with Gasteiger partial charge >= 0.3 is 0 Å². The molecule has 1 aromatic rings. The van der Waals surface area contributed by atoms with Crippen molar-refractivity contribution in [1.29, 1.82) is 0 Å². The van der Waals surface area contributed by atoms with Crippen LogP contribution in [-0.4, -0.2) is 5.11 Å². The normalized spacial score (nSPS) is 18.2. The minimum atomic E-state index is -0.748. The number of rotatable bonds is 4. The second kappa shape index (κ2) is 3.97. The predicted molar refractivity (Wildman–Crippen MR) is 52.4 cm³/mol. The summed E-state index contributed by atoms with van der Waals surface area (Å²) in [7, 11) is 0. The zero-order valence-corrected chi connectivity index (χ0v) is 8.58. The predicted octanol–water partition coefficient (Wildman–Crippen LogP) is 2.92. The van der Waals surface area contributed by atoms with Gasteiger partial charge in [0.15, 0.2) is 0 Å². The Morgan fingerprint density at radius 1 is 1.62 bits per heavy atom. The molecule has 1 heterocycles. The third-order valence-electron chi connectivity index (χ3n) is 2.59. The summed E-state index contributed by atoms with van der Waals surface area (Å²) in [5, 5.41) is 10.1. The summed E-state index contributed by atoms with van der Waals surface area (Å²) in [5.41, 5.74) is 0.121. The Balaban J connectivity index is 2.66. The van der Waals surface area contributed by atoms with Gasteiger partial charge in [-0.15, -0.1) is 0 Å². The van der Waals surface area contributed by atoms with Crippen LogP contribution in [0.5, 0.6) is 0 Å². The van der Waals surface area contributed by atoms with E-state index in [2.05, 4.69) is 13.8 Å². The number of hydrogen-bond donors (Lipinski definition) is 1. The molecule has 0 saturated heterocycles. The number of aliphatic hydroxyl groups is 1. The van der Waals surface area contributed by atoms with Crippen molar-refractivity contribution in [3.8, 4) is 0 Å². The molecule has 1 N–H and O–H groups in total. The Labute approximate surface area is 79.6 Å². The molecule has 2 heteroatoms. The van der Waals surface area contributed by atoms with Gasteiger partial charge in [-0.2, -0.15) is 0 Å². The molecule has 0 spiro atoms. The quantitative estimate of drug-likeness (QED) is 0.776. The van der Waals surface area contributed by atoms with E-state index < -0.39 is 5.60 Å². The Morgan fingerprint density at radius 3 is 2.77 bits per heavy atom. The fourth-order valence-electron chi connectivity index (χ4n) is 1.51. The Hall–Kier alpha value is -0.760. The lowest BCUT2D eigenvalue weighted by atomic mass is 9.87. The van der Waals surface area contributed by atoms with Crippen LogP contribution in [0.25, 0.3) is 0 Å². The molecule has 2 atom stereocenters. The molecule has 13 heavy (non-hydrogen) atoms. The molecule has 0 amide bonds. The molecule has 1 rings (SSSR count). The first-order chi connectivity index (χ1) is 6.06. The first kappa shape index (κ1) is 10.3. The van der Waals surface area contributed by atoms with Gasteiger partial charge in [-0.3, -0.25) is 0 Å². The van der Waals surface area contributed by atoms with Crippen LogP contribution in [0, 0.1) is 5.92 Å². The standard InChI is InChI=1S/C11H18O2/c1-4-9(2)7-11(3,12)10-5-6-13-8-10/h5-6,8-9,12H,4,7H2,1-3H3. The van der Waals surface area contributed by atoms with E-state index in [-0.39, 0.29) is 0 Å². The van der Waals surface area contributed by atoms with Gasteiger partial charge in [0.25, 0.3) is 0 Å². The van der Waals surface area contributed by atoms with E-state index in [0.717, 1.165) is 18.4 Å². The van der Waals surface area contributed by atoms with Gasteiger partial charge in [-0.1, -0.05) is 20.3 Å². The van der Waals surface area contributed by atoms with Crippen LogP contribution in [0.1, 0.15) is 39.2 Å². The Kier molecular flexibility index (Phi) is 3.15. The molecule has 0 aromatic carbocycles. The van der Waals surface area contributed by atoms with Gasteiger partial charge in [-0.25, -0.2) is 0 Å². The lowest BCUT2D eigenvalue weighted by Crippen LogP contribution is -2.23. The van der Waals surface area contributed by atoms with Gasteiger partial charge in [0.1, 0.15) is 0 Å². The lowest BCUT2D eigenvalue weighted by molar-refractivity contribution is 0.0313. The lowest BCUT2D eigenvalue weighted by Gasteiger charge is -2.24. The van der Waals surface area contributed by atoms with Gasteiger partial charge in [0.2, 0.25) is 0 Å². The van der Waals surface area contributed by atoms with Gasteiger partial charge < -0.3 is 9.52 Å². The van der Waals surface area contributed by atoms with E-state index in [1.807, 2.05) is 13.0 Å². The Bertz CT molecular complexity index is 237. The average molecular weight is 182 g/mol. The van der Waals surface area contributed by atoms with Crippen LogP contribution in [0.3, 0.4) is 0 Å². The summed E-state index contributed by atoms with van der Waals surface area (Å²) in [4.78, 5) is 0. The maximum atomic E-state index is 10.1. The molecule has 1 aromatic heterocycles. The zero-order chi connectivity index (χ0) is 9.90. The Morgan fingerprint density at radius 2 is 2.31 bits per heavy atom. The summed E-state index contributed by atoms with van der Waals surface area (Å²) < 4.78 is 4.96. The van der Waals surface area contributed by atoms with Crippen molar-refractivity contribution in [3.05, 3.63) is 24.2 Å². The monoisotopic (exact) mass is 182 g/mol. The van der Waals surface area contributed by atoms with E-state index >= 15 is 0 Å². The molecule has 0 bridgehead atoms. The fraction of sp³-hybridized carbons (Fsp3) is 0.636. The molecular weight excluding hydrogens is 164 g/mol. The highest BCUT2D eigenvalue weighted by atomic mass is 16.3. The van der Waals surface area contributed by atoms with E-state index in [4.69, 9.17) is 4.42 Å². The van der Waals surface area contributed by atoms with Crippen molar-refractivity contribution in [2.75, 3.05) is 0 Å². The van der Waals surface area contributed by atoms with Gasteiger partial charge in [-0.05, 0) is 25.3 Å². The maximum Gasteiger partial charge on any atom is 0.0963 e. The SMILES string of the molecule is CCC(C)CC(C)(O)c1ccoc1. The highest BCUT2D eigenvalue weighted by molar-refractivity contribution is 5.14. The zero-order valence-electron chi connectivity index (χ0n) is 8.58. The topological polar surface area (TPSA) is 33.4 Å². The third-order valence-corrected chi connectivity index (χ3v) is 2.59. The van der Waals surface area contributed by atoms with Crippen LogP contribution in [0.2, 0.25) is 0 Å². The van der Waals surface area contributed by atoms with Crippen molar-refractivity contribution in [2.45, 2.75) is 39.2 Å². The van der Waals surface area contributed by atoms with E-state index in [0.29, 0.717) is 5.92 Å². The third kappa shape index (κ3) is 2.59. The van der Waals surface area contributed by atoms with Crippen molar-refractivity contribution in [2.24, 2.45) is 5.92 Å². The summed E-state index contributed by atoms with van der Waals surface area (Å²) in [5.74, 6) is 0.532. The smallest absolute Gasteiger partial charge is 0.0963 e. The van der Waals surface area contributed by atoms with Gasteiger partial charge in [0, 0.05) is 5.56 Å². The molecule has 0 aliphatic carbocycles. The maximum absolute atomic E-state index is 10.1. The van der Waals surface area contributed by atoms with Crippen LogP contribution in [0.15, 0.2) is 23.0 Å². The molecule has 74 valence electrons. The molecule has 0 saturated carbocycles. The van der Waals surface area contributed by atoms with Crippen molar-refractivity contribution in [1.82, 2.24) is 0 Å². The molecule has 0 aliphatic heterocycles. The first-order valence-electron chi connectivity index (χ1n) is 4.81. The fourth-order valence-corrected chi connectivity index (χ4v) is 1.51.